The fraction of sp³-hybridized carbons (Fsp3) is 0.500. The van der Waals surface area contributed by atoms with Crippen LogP contribution in [0.1, 0.15) is 49.5 Å². The van der Waals surface area contributed by atoms with Crippen LogP contribution in [0.4, 0.5) is 0 Å². The van der Waals surface area contributed by atoms with E-state index in [1.165, 1.54) is 36.6 Å². The van der Waals surface area contributed by atoms with Gasteiger partial charge in [0.2, 0.25) is 0 Å². The van der Waals surface area contributed by atoms with Crippen LogP contribution in [0.2, 0.25) is 0 Å². The van der Waals surface area contributed by atoms with Crippen LogP contribution in [0.3, 0.4) is 0 Å². The summed E-state index contributed by atoms with van der Waals surface area (Å²) in [7, 11) is 0. The van der Waals surface area contributed by atoms with Gasteiger partial charge in [-0.15, -0.1) is 0 Å². The molecule has 0 bridgehead atoms. The highest BCUT2D eigenvalue weighted by Crippen LogP contribution is 2.33. The molecular formula is C16H21NO. The van der Waals surface area contributed by atoms with Gasteiger partial charge in [0.15, 0.2) is 0 Å². The summed E-state index contributed by atoms with van der Waals surface area (Å²) in [5.74, 6) is 1.75. The Morgan fingerprint density at radius 3 is 2.83 bits per heavy atom. The molecule has 2 aromatic rings. The van der Waals surface area contributed by atoms with E-state index in [-0.39, 0.29) is 6.04 Å². The summed E-state index contributed by atoms with van der Waals surface area (Å²) in [5.41, 5.74) is 8.50. The lowest BCUT2D eigenvalue weighted by Gasteiger charge is -2.13. The van der Waals surface area contributed by atoms with E-state index >= 15 is 0 Å². The molecule has 18 heavy (non-hydrogen) atoms. The van der Waals surface area contributed by atoms with Crippen LogP contribution in [-0.2, 0) is 0 Å². The van der Waals surface area contributed by atoms with E-state index in [0.29, 0.717) is 0 Å². The zero-order valence-electron chi connectivity index (χ0n) is 11.0. The Balaban J connectivity index is 1.80. The molecule has 0 saturated heterocycles. The van der Waals surface area contributed by atoms with Crippen LogP contribution in [-0.4, -0.2) is 0 Å². The van der Waals surface area contributed by atoms with Gasteiger partial charge in [-0.3, -0.25) is 0 Å². The summed E-state index contributed by atoms with van der Waals surface area (Å²) < 4.78 is 5.87. The van der Waals surface area contributed by atoms with Crippen molar-refractivity contribution in [2.45, 2.75) is 45.1 Å². The summed E-state index contributed by atoms with van der Waals surface area (Å²) >= 11 is 0. The van der Waals surface area contributed by atoms with Crippen LogP contribution in [0, 0.1) is 12.8 Å². The molecule has 96 valence electrons. The maximum absolute atomic E-state index is 6.28. The molecule has 1 fully saturated rings. The molecule has 0 aliphatic heterocycles. The molecule has 1 aromatic heterocycles. The summed E-state index contributed by atoms with van der Waals surface area (Å²) in [6.07, 6.45) is 6.49. The molecule has 1 aromatic carbocycles. The van der Waals surface area contributed by atoms with E-state index in [4.69, 9.17) is 10.2 Å². The van der Waals surface area contributed by atoms with Crippen LogP contribution in [0.15, 0.2) is 28.7 Å². The highest BCUT2D eigenvalue weighted by molar-refractivity contribution is 5.78. The van der Waals surface area contributed by atoms with Gasteiger partial charge >= 0.3 is 0 Å². The minimum Gasteiger partial charge on any atom is -0.459 e. The Labute approximate surface area is 108 Å². The van der Waals surface area contributed by atoms with Crippen molar-refractivity contribution in [2.24, 2.45) is 11.7 Å². The van der Waals surface area contributed by atoms with Crippen molar-refractivity contribution in [3.63, 3.8) is 0 Å². The van der Waals surface area contributed by atoms with Gasteiger partial charge in [0.1, 0.15) is 11.3 Å². The van der Waals surface area contributed by atoms with Crippen molar-refractivity contribution in [3.05, 3.63) is 35.6 Å². The van der Waals surface area contributed by atoms with Crippen molar-refractivity contribution in [1.82, 2.24) is 0 Å². The van der Waals surface area contributed by atoms with Crippen molar-refractivity contribution in [3.8, 4) is 0 Å². The summed E-state index contributed by atoms with van der Waals surface area (Å²) in [4.78, 5) is 0. The average Bonchev–Trinajstić information content (AvgIpc) is 2.96. The maximum Gasteiger partial charge on any atom is 0.134 e. The first-order valence-electron chi connectivity index (χ1n) is 6.98. The van der Waals surface area contributed by atoms with Gasteiger partial charge < -0.3 is 10.2 Å². The average molecular weight is 243 g/mol. The predicted molar refractivity (Wildman–Crippen MR) is 74.5 cm³/mol. The van der Waals surface area contributed by atoms with E-state index < -0.39 is 0 Å². The fourth-order valence-corrected chi connectivity index (χ4v) is 3.09. The van der Waals surface area contributed by atoms with E-state index in [1.807, 2.05) is 6.07 Å². The van der Waals surface area contributed by atoms with Crippen molar-refractivity contribution in [1.29, 1.82) is 0 Å². The largest absolute Gasteiger partial charge is 0.459 e. The van der Waals surface area contributed by atoms with Gasteiger partial charge in [-0.2, -0.15) is 0 Å². The summed E-state index contributed by atoms with van der Waals surface area (Å²) in [5, 5.41) is 1.17. The third kappa shape index (κ3) is 2.30. The highest BCUT2D eigenvalue weighted by Gasteiger charge is 2.21. The van der Waals surface area contributed by atoms with E-state index in [1.54, 1.807) is 0 Å². The third-order valence-electron chi connectivity index (χ3n) is 4.12. The SMILES string of the molecule is Cc1ccc2oc(C(N)CC3CCCC3)cc2c1. The van der Waals surface area contributed by atoms with E-state index in [2.05, 4.69) is 25.1 Å². The first kappa shape index (κ1) is 11.8. The Kier molecular flexibility index (Phi) is 3.13. The first-order valence-corrected chi connectivity index (χ1v) is 6.98. The number of aryl methyl sites for hydroxylation is 1. The van der Waals surface area contributed by atoms with Crippen molar-refractivity contribution < 1.29 is 4.42 Å². The minimum atomic E-state index is 0.0563. The van der Waals surface area contributed by atoms with E-state index in [9.17, 15) is 0 Å². The third-order valence-corrected chi connectivity index (χ3v) is 4.12. The standard InChI is InChI=1S/C16H21NO/c1-11-6-7-15-13(8-11)10-16(18-15)14(17)9-12-4-2-3-5-12/h6-8,10,12,14H,2-5,9,17H2,1H3. The molecule has 1 saturated carbocycles. The minimum absolute atomic E-state index is 0.0563. The quantitative estimate of drug-likeness (QED) is 0.871. The molecule has 3 rings (SSSR count). The maximum atomic E-state index is 6.28. The Morgan fingerprint density at radius 2 is 2.06 bits per heavy atom. The van der Waals surface area contributed by atoms with Gasteiger partial charge in [-0.1, -0.05) is 37.3 Å². The molecular weight excluding hydrogens is 222 g/mol. The van der Waals surface area contributed by atoms with Gasteiger partial charge in [0, 0.05) is 5.39 Å². The monoisotopic (exact) mass is 243 g/mol. The molecule has 1 unspecified atom stereocenters. The molecule has 0 amide bonds. The van der Waals surface area contributed by atoms with Crippen LogP contribution < -0.4 is 5.73 Å². The molecule has 1 heterocycles. The normalized spacial score (nSPS) is 18.6. The second-order valence-corrected chi connectivity index (χ2v) is 5.68. The second kappa shape index (κ2) is 4.77. The van der Waals surface area contributed by atoms with E-state index in [0.717, 1.165) is 23.7 Å². The second-order valence-electron chi connectivity index (χ2n) is 5.68. The highest BCUT2D eigenvalue weighted by atomic mass is 16.3. The Bertz CT molecular complexity index is 537. The lowest BCUT2D eigenvalue weighted by Crippen LogP contribution is -2.13. The molecule has 0 spiro atoms. The van der Waals surface area contributed by atoms with Crippen LogP contribution >= 0.6 is 0 Å². The number of furan rings is 1. The van der Waals surface area contributed by atoms with Gasteiger partial charge in [0.25, 0.3) is 0 Å². The molecule has 2 N–H and O–H groups in total. The Morgan fingerprint density at radius 1 is 1.28 bits per heavy atom. The van der Waals surface area contributed by atoms with Crippen molar-refractivity contribution in [2.75, 3.05) is 0 Å². The van der Waals surface area contributed by atoms with Crippen LogP contribution in [0.5, 0.6) is 0 Å². The summed E-state index contributed by atoms with van der Waals surface area (Å²) in [6.45, 7) is 2.10. The van der Waals surface area contributed by atoms with Crippen LogP contribution in [0.25, 0.3) is 11.0 Å². The lowest BCUT2D eigenvalue weighted by atomic mass is 9.97. The molecule has 1 atom stereocenters. The number of fused-ring (bicyclic) bond motifs is 1. The Hall–Kier alpha value is -1.28. The summed E-state index contributed by atoms with van der Waals surface area (Å²) in [6, 6.07) is 8.45. The number of rotatable bonds is 3. The topological polar surface area (TPSA) is 39.2 Å². The zero-order valence-corrected chi connectivity index (χ0v) is 11.0. The number of benzene rings is 1. The van der Waals surface area contributed by atoms with Gasteiger partial charge in [-0.05, 0) is 37.5 Å². The molecule has 1 aliphatic carbocycles. The number of nitrogens with two attached hydrogens (primary N) is 1. The predicted octanol–water partition coefficient (Wildman–Crippen LogP) is 4.32. The number of hydrogen-bond acceptors (Lipinski definition) is 2. The molecule has 1 aliphatic rings. The van der Waals surface area contributed by atoms with Gasteiger partial charge in [0.05, 0.1) is 6.04 Å². The first-order chi connectivity index (χ1) is 8.72. The van der Waals surface area contributed by atoms with Gasteiger partial charge in [-0.25, -0.2) is 0 Å². The smallest absolute Gasteiger partial charge is 0.134 e. The van der Waals surface area contributed by atoms with Crippen molar-refractivity contribution >= 4 is 11.0 Å². The molecule has 2 heteroatoms. The molecule has 2 nitrogen and oxygen atoms in total. The lowest BCUT2D eigenvalue weighted by molar-refractivity contribution is 0.401. The number of hydrogen-bond donors (Lipinski definition) is 1. The molecule has 0 radical (unpaired) electrons. The zero-order chi connectivity index (χ0) is 12.5. The fourth-order valence-electron chi connectivity index (χ4n) is 3.09.